The molecule has 0 saturated heterocycles. The fraction of sp³-hybridized carbons (Fsp3) is 0.333. The molecule has 0 saturated carbocycles. The molecule has 0 spiro atoms. The van der Waals surface area contributed by atoms with Crippen molar-refractivity contribution in [3.05, 3.63) is 69.8 Å². The van der Waals surface area contributed by atoms with E-state index in [1.54, 1.807) is 27.9 Å². The first-order valence-corrected chi connectivity index (χ1v) is 12.6. The molecule has 0 fully saturated rings. The number of esters is 1. The molecular weight excluding hydrogens is 540 g/mol. The van der Waals surface area contributed by atoms with Crippen LogP contribution in [0.25, 0.3) is 0 Å². The van der Waals surface area contributed by atoms with E-state index in [-0.39, 0.29) is 24.6 Å². The number of methoxy groups -OCH3 is 1. The number of ether oxygens (including phenoxy) is 3. The van der Waals surface area contributed by atoms with E-state index in [1.807, 2.05) is 41.3 Å². The normalized spacial score (nSPS) is 12.6. The summed E-state index contributed by atoms with van der Waals surface area (Å²) in [7, 11) is 1.59. The molecule has 1 amide bonds. The molecule has 1 aliphatic rings. The molecule has 4 rings (SSSR count). The summed E-state index contributed by atoms with van der Waals surface area (Å²) in [6.07, 6.45) is 2.26. The molecule has 1 aromatic heterocycles. The Morgan fingerprint density at radius 1 is 1.16 bits per heavy atom. The van der Waals surface area contributed by atoms with Crippen molar-refractivity contribution in [1.82, 2.24) is 15.3 Å². The minimum atomic E-state index is -0.654. The molecule has 2 aromatic carbocycles. The Balaban J connectivity index is 1.58. The first-order chi connectivity index (χ1) is 17.6. The van der Waals surface area contributed by atoms with Gasteiger partial charge in [-0.3, -0.25) is 9.59 Å². The number of aromatic nitrogens is 2. The van der Waals surface area contributed by atoms with Gasteiger partial charge in [0.05, 0.1) is 7.11 Å². The molecule has 0 unspecified atom stereocenters. The summed E-state index contributed by atoms with van der Waals surface area (Å²) in [4.78, 5) is 36.2. The van der Waals surface area contributed by atoms with Crippen LogP contribution < -0.4 is 19.7 Å². The van der Waals surface area contributed by atoms with E-state index < -0.39 is 17.5 Å². The summed E-state index contributed by atoms with van der Waals surface area (Å²) in [5.74, 6) is 0.144. The van der Waals surface area contributed by atoms with Crippen LogP contribution in [-0.2, 0) is 22.6 Å². The number of benzene rings is 2. The molecule has 1 aliphatic heterocycles. The van der Waals surface area contributed by atoms with Gasteiger partial charge in [-0.25, -0.2) is 4.98 Å². The summed E-state index contributed by atoms with van der Waals surface area (Å²) >= 11 is 3.52. The lowest BCUT2D eigenvalue weighted by Gasteiger charge is -2.20. The van der Waals surface area contributed by atoms with Crippen molar-refractivity contribution in [2.45, 2.75) is 39.4 Å². The van der Waals surface area contributed by atoms with E-state index in [2.05, 4.69) is 37.3 Å². The SMILES string of the molecule is COc1cccc(COc2nc(N3CCc4cc(Br)ccc43)ncc2C(=O)NCC(=O)OC(C)(C)C)c1. The lowest BCUT2D eigenvalue weighted by atomic mass is 10.2. The maximum Gasteiger partial charge on any atom is 0.325 e. The smallest absolute Gasteiger partial charge is 0.325 e. The van der Waals surface area contributed by atoms with Crippen LogP contribution in [0.4, 0.5) is 11.6 Å². The number of fused-ring (bicyclic) bond motifs is 1. The van der Waals surface area contributed by atoms with Crippen LogP contribution in [0.5, 0.6) is 11.6 Å². The highest BCUT2D eigenvalue weighted by Gasteiger charge is 2.26. The van der Waals surface area contributed by atoms with Gasteiger partial charge >= 0.3 is 5.97 Å². The number of halogens is 1. The van der Waals surface area contributed by atoms with Gasteiger partial charge in [0.15, 0.2) is 0 Å². The summed E-state index contributed by atoms with van der Waals surface area (Å²) in [6, 6.07) is 13.5. The average Bonchev–Trinajstić information content (AvgIpc) is 3.28. The van der Waals surface area contributed by atoms with Crippen molar-refractivity contribution in [1.29, 1.82) is 0 Å². The zero-order valence-corrected chi connectivity index (χ0v) is 22.8. The Morgan fingerprint density at radius 2 is 1.97 bits per heavy atom. The van der Waals surface area contributed by atoms with Crippen molar-refractivity contribution in [3.63, 3.8) is 0 Å². The Morgan fingerprint density at radius 3 is 2.73 bits per heavy atom. The first-order valence-electron chi connectivity index (χ1n) is 11.8. The lowest BCUT2D eigenvalue weighted by molar-refractivity contribution is -0.153. The van der Waals surface area contributed by atoms with Gasteiger partial charge in [-0.05, 0) is 68.7 Å². The highest BCUT2D eigenvalue weighted by molar-refractivity contribution is 9.10. The minimum absolute atomic E-state index is 0.111. The highest BCUT2D eigenvalue weighted by atomic mass is 79.9. The van der Waals surface area contributed by atoms with Crippen LogP contribution in [-0.4, -0.2) is 47.6 Å². The lowest BCUT2D eigenvalue weighted by Crippen LogP contribution is -2.35. The number of carbonyl (C=O) groups excluding carboxylic acids is 2. The fourth-order valence-electron chi connectivity index (χ4n) is 3.87. The summed E-state index contributed by atoms with van der Waals surface area (Å²) in [6.45, 7) is 5.85. The van der Waals surface area contributed by atoms with E-state index >= 15 is 0 Å². The minimum Gasteiger partial charge on any atom is -0.497 e. The van der Waals surface area contributed by atoms with Crippen molar-refractivity contribution in [2.75, 3.05) is 25.1 Å². The quantitative estimate of drug-likeness (QED) is 0.393. The van der Waals surface area contributed by atoms with Crippen LogP contribution >= 0.6 is 15.9 Å². The van der Waals surface area contributed by atoms with Gasteiger partial charge in [0.2, 0.25) is 11.8 Å². The Kier molecular flexibility index (Phi) is 7.97. The Bertz CT molecular complexity index is 1310. The van der Waals surface area contributed by atoms with Crippen molar-refractivity contribution in [3.8, 4) is 11.6 Å². The summed E-state index contributed by atoms with van der Waals surface area (Å²) in [5.41, 5.74) is 2.49. The van der Waals surface area contributed by atoms with Crippen LogP contribution in [0.1, 0.15) is 42.3 Å². The molecule has 10 heteroatoms. The second-order valence-corrected chi connectivity index (χ2v) is 10.4. The Labute approximate surface area is 224 Å². The molecule has 0 bridgehead atoms. The summed E-state index contributed by atoms with van der Waals surface area (Å²) in [5, 5.41) is 2.58. The van der Waals surface area contributed by atoms with Crippen LogP contribution in [0.15, 0.2) is 53.1 Å². The monoisotopic (exact) mass is 568 g/mol. The van der Waals surface area contributed by atoms with Crippen LogP contribution in [0, 0.1) is 0 Å². The van der Waals surface area contributed by atoms with E-state index in [0.717, 1.165) is 22.1 Å². The third kappa shape index (κ3) is 6.76. The fourth-order valence-corrected chi connectivity index (χ4v) is 4.28. The molecular formula is C27H29BrN4O5. The number of amides is 1. The molecule has 1 N–H and O–H groups in total. The second kappa shape index (κ2) is 11.2. The van der Waals surface area contributed by atoms with Gasteiger partial charge < -0.3 is 24.4 Å². The number of anilines is 2. The number of nitrogens with zero attached hydrogens (tertiary/aromatic N) is 3. The van der Waals surface area contributed by atoms with Crippen LogP contribution in [0.3, 0.4) is 0 Å². The zero-order valence-electron chi connectivity index (χ0n) is 21.2. The van der Waals surface area contributed by atoms with E-state index in [9.17, 15) is 9.59 Å². The molecule has 0 aliphatic carbocycles. The molecule has 0 atom stereocenters. The van der Waals surface area contributed by atoms with Gasteiger partial charge in [-0.15, -0.1) is 0 Å². The van der Waals surface area contributed by atoms with Crippen molar-refractivity contribution in [2.24, 2.45) is 0 Å². The molecule has 37 heavy (non-hydrogen) atoms. The number of rotatable bonds is 8. The van der Waals surface area contributed by atoms with Crippen molar-refractivity contribution < 1.29 is 23.8 Å². The van der Waals surface area contributed by atoms with E-state index in [0.29, 0.717) is 18.2 Å². The largest absolute Gasteiger partial charge is 0.497 e. The van der Waals surface area contributed by atoms with E-state index in [4.69, 9.17) is 14.2 Å². The van der Waals surface area contributed by atoms with Gasteiger partial charge in [0, 0.05) is 22.9 Å². The predicted octanol–water partition coefficient (Wildman–Crippen LogP) is 4.59. The summed E-state index contributed by atoms with van der Waals surface area (Å²) < 4.78 is 17.6. The number of carbonyl (C=O) groups is 2. The zero-order chi connectivity index (χ0) is 26.6. The maximum absolute atomic E-state index is 13.0. The molecule has 9 nitrogen and oxygen atoms in total. The number of nitrogens with one attached hydrogen (secondary N) is 1. The molecule has 0 radical (unpaired) electrons. The van der Waals surface area contributed by atoms with Gasteiger partial charge in [0.1, 0.15) is 30.1 Å². The van der Waals surface area contributed by atoms with Crippen LogP contribution in [0.2, 0.25) is 0 Å². The maximum atomic E-state index is 13.0. The third-order valence-corrected chi connectivity index (χ3v) is 5.98. The molecule has 3 aromatic rings. The molecule has 2 heterocycles. The molecule has 194 valence electrons. The first kappa shape index (κ1) is 26.4. The van der Waals surface area contributed by atoms with E-state index in [1.165, 1.54) is 11.8 Å². The van der Waals surface area contributed by atoms with Gasteiger partial charge in [-0.2, -0.15) is 4.98 Å². The number of hydrogen-bond acceptors (Lipinski definition) is 8. The highest BCUT2D eigenvalue weighted by Crippen LogP contribution is 2.35. The van der Waals surface area contributed by atoms with Gasteiger partial charge in [0.25, 0.3) is 5.91 Å². The predicted molar refractivity (Wildman–Crippen MR) is 142 cm³/mol. The van der Waals surface area contributed by atoms with Gasteiger partial charge in [-0.1, -0.05) is 28.1 Å². The average molecular weight is 569 g/mol. The Hall–Kier alpha value is -3.66. The standard InChI is InChI=1S/C27H29BrN4O5/c1-27(2,3)37-23(33)15-29-24(34)21-14-30-26(32-11-10-18-13-19(28)8-9-22(18)32)31-25(21)36-16-17-6-5-7-20(12-17)35-4/h5-9,12-14H,10-11,15-16H2,1-4H3,(H,29,34). The topological polar surface area (TPSA) is 103 Å². The van der Waals surface area contributed by atoms with Crippen molar-refractivity contribution >= 4 is 39.4 Å². The third-order valence-electron chi connectivity index (χ3n) is 5.49. The number of hydrogen-bond donors (Lipinski definition) is 1. The second-order valence-electron chi connectivity index (χ2n) is 9.47.